The van der Waals surface area contributed by atoms with E-state index in [1.165, 1.54) is 6.20 Å². The Hall–Kier alpha value is -3.74. The van der Waals surface area contributed by atoms with E-state index in [-0.39, 0.29) is 17.7 Å². The lowest BCUT2D eigenvalue weighted by molar-refractivity contribution is -0.116. The number of ether oxygens (including phenoxy) is 1. The fourth-order valence-corrected chi connectivity index (χ4v) is 3.25. The molecule has 140 valence electrons. The molecule has 2 amide bonds. The molecule has 0 bridgehead atoms. The number of rotatable bonds is 4. The highest BCUT2D eigenvalue weighted by atomic mass is 16.5. The number of aromatic nitrogens is 2. The molecule has 0 fully saturated rings. The summed E-state index contributed by atoms with van der Waals surface area (Å²) < 4.78 is 5.20. The summed E-state index contributed by atoms with van der Waals surface area (Å²) in [6.07, 6.45) is 3.41. The third-order valence-electron chi connectivity index (χ3n) is 4.59. The summed E-state index contributed by atoms with van der Waals surface area (Å²) in [4.78, 5) is 33.0. The standard InChI is InChI=1S/C21H18N4O3/c1-28-20-6-2-5-17(25-20)16-11-19(26)24-18-10-14(7-8-15(16)18)23-21(27)13-4-3-9-22-12-13/h2-10,12,16H,11H2,1H3,(H,23,27)(H,24,26). The van der Waals surface area contributed by atoms with Gasteiger partial charge in [0, 0.05) is 42.2 Å². The van der Waals surface area contributed by atoms with Gasteiger partial charge in [-0.25, -0.2) is 4.98 Å². The molecule has 0 saturated carbocycles. The van der Waals surface area contributed by atoms with Crippen molar-refractivity contribution in [2.24, 2.45) is 0 Å². The first-order valence-corrected chi connectivity index (χ1v) is 8.80. The van der Waals surface area contributed by atoms with Crippen LogP contribution in [0.3, 0.4) is 0 Å². The second kappa shape index (κ2) is 7.48. The highest BCUT2D eigenvalue weighted by molar-refractivity contribution is 6.05. The first-order chi connectivity index (χ1) is 13.6. The second-order valence-electron chi connectivity index (χ2n) is 6.41. The van der Waals surface area contributed by atoms with Crippen LogP contribution in [0.1, 0.15) is 34.0 Å². The molecule has 1 aromatic carbocycles. The van der Waals surface area contributed by atoms with Crippen molar-refractivity contribution >= 4 is 23.2 Å². The maximum absolute atomic E-state index is 12.3. The number of fused-ring (bicyclic) bond motifs is 1. The minimum absolute atomic E-state index is 0.0992. The van der Waals surface area contributed by atoms with Gasteiger partial charge < -0.3 is 15.4 Å². The van der Waals surface area contributed by atoms with Gasteiger partial charge in [-0.15, -0.1) is 0 Å². The highest BCUT2D eigenvalue weighted by Gasteiger charge is 2.28. The van der Waals surface area contributed by atoms with Gasteiger partial charge >= 0.3 is 0 Å². The van der Waals surface area contributed by atoms with Crippen LogP contribution >= 0.6 is 0 Å². The molecule has 4 rings (SSSR count). The molecule has 7 nitrogen and oxygen atoms in total. The van der Waals surface area contributed by atoms with Crippen molar-refractivity contribution in [3.8, 4) is 5.88 Å². The van der Waals surface area contributed by atoms with Crippen LogP contribution in [0.4, 0.5) is 11.4 Å². The minimum Gasteiger partial charge on any atom is -0.481 e. The summed E-state index contributed by atoms with van der Waals surface area (Å²) in [5.41, 5.74) is 3.42. The van der Waals surface area contributed by atoms with Gasteiger partial charge in [-0.3, -0.25) is 14.6 Å². The maximum Gasteiger partial charge on any atom is 0.257 e. The summed E-state index contributed by atoms with van der Waals surface area (Å²) in [5, 5.41) is 5.71. The van der Waals surface area contributed by atoms with E-state index in [1.54, 1.807) is 37.6 Å². The largest absolute Gasteiger partial charge is 0.481 e. The van der Waals surface area contributed by atoms with Crippen molar-refractivity contribution in [3.63, 3.8) is 0 Å². The zero-order chi connectivity index (χ0) is 19.5. The van der Waals surface area contributed by atoms with Crippen LogP contribution in [0.5, 0.6) is 5.88 Å². The van der Waals surface area contributed by atoms with Crippen molar-refractivity contribution in [2.45, 2.75) is 12.3 Å². The number of pyridine rings is 2. The molecule has 2 aromatic heterocycles. The Bertz CT molecular complexity index is 1040. The number of carbonyl (C=O) groups excluding carboxylic acids is 2. The fraction of sp³-hybridized carbons (Fsp3) is 0.143. The van der Waals surface area contributed by atoms with Crippen LogP contribution < -0.4 is 15.4 Å². The average molecular weight is 374 g/mol. The molecule has 1 atom stereocenters. The van der Waals surface area contributed by atoms with E-state index in [4.69, 9.17) is 4.74 Å². The van der Waals surface area contributed by atoms with E-state index < -0.39 is 0 Å². The van der Waals surface area contributed by atoms with Crippen LogP contribution in [0.15, 0.2) is 60.9 Å². The fourth-order valence-electron chi connectivity index (χ4n) is 3.25. The number of nitrogens with zero attached hydrogens (tertiary/aromatic N) is 2. The molecule has 1 aliphatic heterocycles. The zero-order valence-corrected chi connectivity index (χ0v) is 15.2. The maximum atomic E-state index is 12.3. The third-order valence-corrected chi connectivity index (χ3v) is 4.59. The molecule has 3 heterocycles. The number of hydrogen-bond acceptors (Lipinski definition) is 5. The van der Waals surface area contributed by atoms with E-state index >= 15 is 0 Å². The lowest BCUT2D eigenvalue weighted by Gasteiger charge is -2.26. The monoisotopic (exact) mass is 374 g/mol. The molecule has 0 aliphatic carbocycles. The van der Waals surface area contributed by atoms with Gasteiger partial charge in [0.05, 0.1) is 18.4 Å². The number of carbonyl (C=O) groups is 2. The SMILES string of the molecule is COc1cccc(C2CC(=O)Nc3cc(NC(=O)c4cccnc4)ccc32)n1. The first kappa shape index (κ1) is 17.7. The third kappa shape index (κ3) is 3.55. The highest BCUT2D eigenvalue weighted by Crippen LogP contribution is 2.38. The van der Waals surface area contributed by atoms with Gasteiger partial charge in [0.2, 0.25) is 11.8 Å². The van der Waals surface area contributed by atoms with Gasteiger partial charge in [0.15, 0.2) is 0 Å². The van der Waals surface area contributed by atoms with Crippen LogP contribution in [0.25, 0.3) is 0 Å². The van der Waals surface area contributed by atoms with Crippen molar-refractivity contribution in [1.29, 1.82) is 0 Å². The molecule has 28 heavy (non-hydrogen) atoms. The zero-order valence-electron chi connectivity index (χ0n) is 15.2. The van der Waals surface area contributed by atoms with E-state index in [1.807, 2.05) is 24.3 Å². The molecule has 0 spiro atoms. The van der Waals surface area contributed by atoms with Gasteiger partial charge in [0.1, 0.15) is 0 Å². The van der Waals surface area contributed by atoms with E-state index in [0.717, 1.165) is 11.3 Å². The molecule has 7 heteroatoms. The Morgan fingerprint density at radius 2 is 2.11 bits per heavy atom. The summed E-state index contributed by atoms with van der Waals surface area (Å²) in [7, 11) is 1.56. The molecular weight excluding hydrogens is 356 g/mol. The number of methoxy groups -OCH3 is 1. The molecule has 1 unspecified atom stereocenters. The van der Waals surface area contributed by atoms with Crippen LogP contribution in [0, 0.1) is 0 Å². The Labute approximate surface area is 161 Å². The molecule has 0 radical (unpaired) electrons. The smallest absolute Gasteiger partial charge is 0.257 e. The summed E-state index contributed by atoms with van der Waals surface area (Å²) >= 11 is 0. The summed E-state index contributed by atoms with van der Waals surface area (Å²) in [6, 6.07) is 14.4. The van der Waals surface area contributed by atoms with E-state index in [0.29, 0.717) is 29.2 Å². The van der Waals surface area contributed by atoms with Crippen molar-refractivity contribution < 1.29 is 14.3 Å². The number of nitrogens with one attached hydrogen (secondary N) is 2. The molecular formula is C21H18N4O3. The quantitative estimate of drug-likeness (QED) is 0.731. The first-order valence-electron chi connectivity index (χ1n) is 8.80. The van der Waals surface area contributed by atoms with E-state index in [2.05, 4.69) is 20.6 Å². The van der Waals surface area contributed by atoms with Crippen molar-refractivity contribution in [3.05, 3.63) is 77.7 Å². The van der Waals surface area contributed by atoms with Gasteiger partial charge in [-0.1, -0.05) is 12.1 Å². The number of anilines is 2. The molecule has 1 aliphatic rings. The van der Waals surface area contributed by atoms with Crippen molar-refractivity contribution in [2.75, 3.05) is 17.7 Å². The van der Waals surface area contributed by atoms with E-state index in [9.17, 15) is 9.59 Å². The molecule has 3 aromatic rings. The predicted molar refractivity (Wildman–Crippen MR) is 105 cm³/mol. The number of hydrogen-bond donors (Lipinski definition) is 2. The minimum atomic E-state index is -0.263. The van der Waals surface area contributed by atoms with Gasteiger partial charge in [-0.2, -0.15) is 0 Å². The Kier molecular flexibility index (Phi) is 4.72. The molecule has 0 saturated heterocycles. The van der Waals surface area contributed by atoms with Crippen LogP contribution in [-0.4, -0.2) is 28.9 Å². The Balaban J connectivity index is 1.63. The lowest BCUT2D eigenvalue weighted by atomic mass is 9.87. The topological polar surface area (TPSA) is 93.2 Å². The lowest BCUT2D eigenvalue weighted by Crippen LogP contribution is -2.24. The van der Waals surface area contributed by atoms with Crippen molar-refractivity contribution in [1.82, 2.24) is 9.97 Å². The predicted octanol–water partition coefficient (Wildman–Crippen LogP) is 3.21. The normalized spacial score (nSPS) is 15.3. The Morgan fingerprint density at radius 3 is 2.89 bits per heavy atom. The molecule has 2 N–H and O–H groups in total. The summed E-state index contributed by atoms with van der Waals surface area (Å²) in [5.74, 6) is -0.0358. The number of benzene rings is 1. The van der Waals surface area contributed by atoms with Gasteiger partial charge in [-0.05, 0) is 35.9 Å². The van der Waals surface area contributed by atoms with Crippen LogP contribution in [-0.2, 0) is 4.79 Å². The van der Waals surface area contributed by atoms with Gasteiger partial charge in [0.25, 0.3) is 5.91 Å². The second-order valence-corrected chi connectivity index (χ2v) is 6.41. The summed E-state index contributed by atoms with van der Waals surface area (Å²) in [6.45, 7) is 0. The van der Waals surface area contributed by atoms with Crippen LogP contribution in [0.2, 0.25) is 0 Å². The Morgan fingerprint density at radius 1 is 1.21 bits per heavy atom. The average Bonchev–Trinajstić information content (AvgIpc) is 2.73. The number of amides is 2.